The quantitative estimate of drug-likeness (QED) is 0.806. The van der Waals surface area contributed by atoms with E-state index < -0.39 is 0 Å². The van der Waals surface area contributed by atoms with E-state index in [1.807, 2.05) is 11.6 Å². The molecule has 0 N–H and O–H groups in total. The fourth-order valence-corrected chi connectivity index (χ4v) is 3.21. The minimum atomic E-state index is 0.226. The van der Waals surface area contributed by atoms with Crippen LogP contribution in [0.3, 0.4) is 0 Å². The molecule has 3 heterocycles. The van der Waals surface area contributed by atoms with Gasteiger partial charge in [0.1, 0.15) is 21.8 Å². The molecule has 78 valence electrons. The van der Waals surface area contributed by atoms with Gasteiger partial charge < -0.3 is 4.74 Å². The molecule has 3 nitrogen and oxygen atoms in total. The third-order valence-corrected chi connectivity index (χ3v) is 4.11. The number of thiazole rings is 2. The number of aromatic nitrogens is 2. The van der Waals surface area contributed by atoms with Gasteiger partial charge in [0.15, 0.2) is 0 Å². The molecule has 0 bridgehead atoms. The van der Waals surface area contributed by atoms with E-state index in [1.54, 1.807) is 22.7 Å². The monoisotopic (exact) mass is 238 g/mol. The molecule has 0 aliphatic carbocycles. The summed E-state index contributed by atoms with van der Waals surface area (Å²) in [4.78, 5) is 8.82. The van der Waals surface area contributed by atoms with Crippen molar-refractivity contribution in [1.29, 1.82) is 0 Å². The largest absolute Gasteiger partial charge is 0.371 e. The molecule has 2 aromatic heterocycles. The van der Waals surface area contributed by atoms with Crippen molar-refractivity contribution in [3.63, 3.8) is 0 Å². The summed E-state index contributed by atoms with van der Waals surface area (Å²) >= 11 is 3.30. The molecule has 0 saturated carbocycles. The van der Waals surface area contributed by atoms with E-state index in [2.05, 4.69) is 15.3 Å². The molecule has 2 aromatic rings. The molecule has 15 heavy (non-hydrogen) atoms. The van der Waals surface area contributed by atoms with Crippen LogP contribution in [0, 0.1) is 0 Å². The summed E-state index contributed by atoms with van der Waals surface area (Å²) in [5.74, 6) is 0. The molecule has 1 aliphatic rings. The topological polar surface area (TPSA) is 35.0 Å². The minimum Gasteiger partial charge on any atom is -0.371 e. The van der Waals surface area contributed by atoms with Crippen molar-refractivity contribution >= 4 is 22.7 Å². The van der Waals surface area contributed by atoms with Crippen molar-refractivity contribution in [3.8, 4) is 10.7 Å². The highest BCUT2D eigenvalue weighted by molar-refractivity contribution is 7.14. The first-order valence-corrected chi connectivity index (χ1v) is 6.66. The predicted molar refractivity (Wildman–Crippen MR) is 61.1 cm³/mol. The van der Waals surface area contributed by atoms with Gasteiger partial charge >= 0.3 is 0 Å². The number of hydrogen-bond donors (Lipinski definition) is 0. The van der Waals surface area contributed by atoms with E-state index in [-0.39, 0.29) is 6.10 Å². The minimum absolute atomic E-state index is 0.226. The van der Waals surface area contributed by atoms with Crippen molar-refractivity contribution in [2.45, 2.75) is 18.9 Å². The van der Waals surface area contributed by atoms with Gasteiger partial charge in [-0.3, -0.25) is 0 Å². The Morgan fingerprint density at radius 3 is 3.13 bits per heavy atom. The van der Waals surface area contributed by atoms with Crippen molar-refractivity contribution in [3.05, 3.63) is 22.0 Å². The SMILES string of the molecule is c1csc(-c2csc([C@H]3CCCO3)n2)n1. The van der Waals surface area contributed by atoms with Gasteiger partial charge in [0.2, 0.25) is 0 Å². The lowest BCUT2D eigenvalue weighted by atomic mass is 10.2. The van der Waals surface area contributed by atoms with Gasteiger partial charge in [0, 0.05) is 23.6 Å². The Labute approximate surface area is 95.8 Å². The average Bonchev–Trinajstić information content (AvgIpc) is 3.02. The molecule has 1 saturated heterocycles. The Hall–Kier alpha value is -0.780. The maximum atomic E-state index is 5.60. The summed E-state index contributed by atoms with van der Waals surface area (Å²) in [7, 11) is 0. The number of rotatable bonds is 2. The molecule has 5 heteroatoms. The van der Waals surface area contributed by atoms with Crippen LogP contribution < -0.4 is 0 Å². The van der Waals surface area contributed by atoms with Gasteiger partial charge in [-0.2, -0.15) is 0 Å². The zero-order chi connectivity index (χ0) is 10.1. The molecule has 1 aliphatic heterocycles. The van der Waals surface area contributed by atoms with Crippen LogP contribution in [0.1, 0.15) is 24.0 Å². The van der Waals surface area contributed by atoms with Crippen molar-refractivity contribution in [2.75, 3.05) is 6.61 Å². The van der Waals surface area contributed by atoms with Gasteiger partial charge in [0.05, 0.1) is 0 Å². The van der Waals surface area contributed by atoms with Gasteiger partial charge in [-0.1, -0.05) is 0 Å². The van der Waals surface area contributed by atoms with Crippen molar-refractivity contribution in [2.24, 2.45) is 0 Å². The molecule has 3 rings (SSSR count). The number of nitrogens with zero attached hydrogens (tertiary/aromatic N) is 2. The second-order valence-corrected chi connectivity index (χ2v) is 5.19. The van der Waals surface area contributed by atoms with Crippen LogP contribution in [0.4, 0.5) is 0 Å². The molecule has 0 spiro atoms. The lowest BCUT2D eigenvalue weighted by Gasteiger charge is -2.03. The second kappa shape index (κ2) is 4.00. The standard InChI is InChI=1S/C10H10N2OS2/c1-2-8(13-4-1)10-12-7(6-15-10)9-11-3-5-14-9/h3,5-6,8H,1-2,4H2/t8-/m1/s1. The fourth-order valence-electron chi connectivity index (χ4n) is 1.66. The fraction of sp³-hybridized carbons (Fsp3) is 0.400. The van der Waals surface area contributed by atoms with Crippen LogP contribution >= 0.6 is 22.7 Å². The van der Waals surface area contributed by atoms with Gasteiger partial charge in [0.25, 0.3) is 0 Å². The van der Waals surface area contributed by atoms with E-state index >= 15 is 0 Å². The summed E-state index contributed by atoms with van der Waals surface area (Å²) in [6, 6.07) is 0. The lowest BCUT2D eigenvalue weighted by Crippen LogP contribution is -1.94. The molecule has 1 atom stereocenters. The number of ether oxygens (including phenoxy) is 1. The highest BCUT2D eigenvalue weighted by Crippen LogP contribution is 2.33. The van der Waals surface area contributed by atoms with Gasteiger partial charge in [-0.25, -0.2) is 9.97 Å². The highest BCUT2D eigenvalue weighted by atomic mass is 32.1. The summed E-state index contributed by atoms with van der Waals surface area (Å²) < 4.78 is 5.60. The average molecular weight is 238 g/mol. The number of hydrogen-bond acceptors (Lipinski definition) is 5. The highest BCUT2D eigenvalue weighted by Gasteiger charge is 2.21. The summed E-state index contributed by atoms with van der Waals surface area (Å²) in [5.41, 5.74) is 0.987. The first-order chi connectivity index (χ1) is 7.43. The van der Waals surface area contributed by atoms with Crippen molar-refractivity contribution in [1.82, 2.24) is 9.97 Å². The third-order valence-electron chi connectivity index (χ3n) is 2.38. The molecular weight excluding hydrogens is 228 g/mol. The van der Waals surface area contributed by atoms with Crippen LogP contribution in [0.2, 0.25) is 0 Å². The molecule has 0 aromatic carbocycles. The third kappa shape index (κ3) is 1.82. The Bertz CT molecular complexity index is 432. The summed E-state index contributed by atoms with van der Waals surface area (Å²) in [6.45, 7) is 0.872. The normalized spacial score (nSPS) is 20.9. The molecular formula is C10H10N2OS2. The van der Waals surface area contributed by atoms with Crippen molar-refractivity contribution < 1.29 is 4.74 Å². The van der Waals surface area contributed by atoms with Crippen LogP contribution in [-0.4, -0.2) is 16.6 Å². The van der Waals surface area contributed by atoms with Gasteiger partial charge in [-0.15, -0.1) is 22.7 Å². The van der Waals surface area contributed by atoms with Crippen LogP contribution in [0.25, 0.3) is 10.7 Å². The Morgan fingerprint density at radius 1 is 1.40 bits per heavy atom. The van der Waals surface area contributed by atoms with E-state index in [1.165, 1.54) is 0 Å². The zero-order valence-electron chi connectivity index (χ0n) is 8.05. The van der Waals surface area contributed by atoms with Crippen LogP contribution in [-0.2, 0) is 4.74 Å². The lowest BCUT2D eigenvalue weighted by molar-refractivity contribution is 0.112. The summed E-state index contributed by atoms with van der Waals surface area (Å²) in [6.07, 6.45) is 4.29. The van der Waals surface area contributed by atoms with E-state index in [0.29, 0.717) is 0 Å². The Kier molecular flexibility index (Phi) is 2.52. The molecule has 0 unspecified atom stereocenters. The molecule has 0 radical (unpaired) electrons. The van der Waals surface area contributed by atoms with Crippen LogP contribution in [0.5, 0.6) is 0 Å². The maximum absolute atomic E-state index is 5.60. The molecule has 1 fully saturated rings. The smallest absolute Gasteiger partial charge is 0.142 e. The van der Waals surface area contributed by atoms with E-state index in [9.17, 15) is 0 Å². The van der Waals surface area contributed by atoms with Gasteiger partial charge in [-0.05, 0) is 12.8 Å². The first kappa shape index (κ1) is 9.45. The Balaban J connectivity index is 1.87. The molecule has 0 amide bonds. The maximum Gasteiger partial charge on any atom is 0.142 e. The van der Waals surface area contributed by atoms with Crippen LogP contribution in [0.15, 0.2) is 17.0 Å². The zero-order valence-corrected chi connectivity index (χ0v) is 9.68. The summed E-state index contributed by atoms with van der Waals surface area (Å²) in [5, 5.41) is 6.13. The van der Waals surface area contributed by atoms with E-state index in [4.69, 9.17) is 4.74 Å². The van der Waals surface area contributed by atoms with E-state index in [0.717, 1.165) is 35.2 Å². The predicted octanol–water partition coefficient (Wildman–Crippen LogP) is 3.12. The second-order valence-electron chi connectivity index (χ2n) is 3.41. The Morgan fingerprint density at radius 2 is 2.40 bits per heavy atom. The first-order valence-electron chi connectivity index (χ1n) is 4.90.